The molecule has 0 radical (unpaired) electrons. The Hall–Kier alpha value is -2.77. The number of carbonyl (C=O) groups is 2. The van der Waals surface area contributed by atoms with Crippen LogP contribution in [0.15, 0.2) is 57.7 Å². The topological polar surface area (TPSA) is 85.6 Å². The first-order valence-corrected chi connectivity index (χ1v) is 12.0. The fourth-order valence-corrected chi connectivity index (χ4v) is 4.01. The summed E-state index contributed by atoms with van der Waals surface area (Å²) in [5.74, 6) is -0.249. The van der Waals surface area contributed by atoms with Crippen molar-refractivity contribution in [3.63, 3.8) is 0 Å². The lowest BCUT2D eigenvalue weighted by atomic mass is 10.1. The van der Waals surface area contributed by atoms with Gasteiger partial charge in [-0.05, 0) is 54.7 Å². The van der Waals surface area contributed by atoms with Gasteiger partial charge < -0.3 is 14.5 Å². The molecule has 0 spiro atoms. The number of carbonyl (C=O) groups excluding carboxylic acids is 2. The predicted molar refractivity (Wildman–Crippen MR) is 127 cm³/mol. The summed E-state index contributed by atoms with van der Waals surface area (Å²) >= 11 is 7.89. The van der Waals surface area contributed by atoms with Crippen molar-refractivity contribution < 1.29 is 18.7 Å². The van der Waals surface area contributed by atoms with E-state index in [4.69, 9.17) is 20.8 Å². The highest BCUT2D eigenvalue weighted by molar-refractivity contribution is 7.98. The van der Waals surface area contributed by atoms with E-state index in [1.165, 1.54) is 6.07 Å². The molecule has 32 heavy (non-hydrogen) atoms. The van der Waals surface area contributed by atoms with Crippen LogP contribution in [0.3, 0.4) is 0 Å². The molecule has 0 bridgehead atoms. The molecular weight excluding hydrogens is 450 g/mol. The minimum atomic E-state index is -0.808. The van der Waals surface area contributed by atoms with E-state index in [0.29, 0.717) is 45.7 Å². The smallest absolute Gasteiger partial charge is 0.336 e. The summed E-state index contributed by atoms with van der Waals surface area (Å²) in [5.41, 5.74) is 1.66. The summed E-state index contributed by atoms with van der Waals surface area (Å²) in [5, 5.41) is 3.90. The van der Waals surface area contributed by atoms with Crippen LogP contribution in [0.25, 0.3) is 11.0 Å². The number of benzene rings is 2. The molecule has 6 nitrogen and oxygen atoms in total. The van der Waals surface area contributed by atoms with Gasteiger partial charge in [-0.3, -0.25) is 4.79 Å². The first-order chi connectivity index (χ1) is 15.4. The zero-order valence-corrected chi connectivity index (χ0v) is 19.4. The predicted octanol–water partition coefficient (Wildman–Crippen LogP) is 4.60. The van der Waals surface area contributed by atoms with Gasteiger partial charge in [0.1, 0.15) is 18.2 Å². The van der Waals surface area contributed by atoms with Crippen molar-refractivity contribution in [2.45, 2.75) is 32.4 Å². The Labute approximate surface area is 195 Å². The summed E-state index contributed by atoms with van der Waals surface area (Å²) < 4.78 is 10.8. The van der Waals surface area contributed by atoms with Gasteiger partial charge in [-0.1, -0.05) is 36.7 Å². The molecule has 0 saturated carbocycles. The average Bonchev–Trinajstić information content (AvgIpc) is 2.80. The van der Waals surface area contributed by atoms with Gasteiger partial charge in [-0.25, -0.2) is 9.59 Å². The third-order valence-corrected chi connectivity index (χ3v) is 5.98. The fraction of sp³-hybridized carbons (Fsp3) is 0.292. The largest absolute Gasteiger partial charge is 0.459 e. The summed E-state index contributed by atoms with van der Waals surface area (Å²) in [6, 6.07) is 12.6. The van der Waals surface area contributed by atoms with E-state index in [1.54, 1.807) is 48.2 Å². The lowest BCUT2D eigenvalue weighted by Crippen LogP contribution is -2.42. The van der Waals surface area contributed by atoms with Crippen LogP contribution in [0.4, 0.5) is 0 Å². The van der Waals surface area contributed by atoms with Crippen LogP contribution in [0.2, 0.25) is 5.02 Å². The molecule has 168 valence electrons. The molecule has 2 aromatic carbocycles. The fourth-order valence-electron chi connectivity index (χ4n) is 3.24. The summed E-state index contributed by atoms with van der Waals surface area (Å²) in [6.07, 6.45) is 3.03. The van der Waals surface area contributed by atoms with Gasteiger partial charge in [0, 0.05) is 27.6 Å². The Morgan fingerprint density at radius 3 is 2.59 bits per heavy atom. The number of thioether (sulfide) groups is 1. The number of amides is 1. The molecule has 1 atom stereocenters. The van der Waals surface area contributed by atoms with Crippen molar-refractivity contribution in [2.24, 2.45) is 0 Å². The van der Waals surface area contributed by atoms with Crippen molar-refractivity contribution in [1.29, 1.82) is 0 Å². The highest BCUT2D eigenvalue weighted by Gasteiger charge is 2.23. The number of rotatable bonds is 9. The second-order valence-corrected chi connectivity index (χ2v) is 8.56. The Bertz CT molecular complexity index is 1160. The van der Waals surface area contributed by atoms with Gasteiger partial charge in [0.25, 0.3) is 5.91 Å². The third kappa shape index (κ3) is 5.93. The van der Waals surface area contributed by atoms with Gasteiger partial charge in [-0.15, -0.1) is 0 Å². The van der Waals surface area contributed by atoms with Crippen molar-refractivity contribution in [3.05, 3.63) is 80.7 Å². The van der Waals surface area contributed by atoms with E-state index in [9.17, 15) is 14.4 Å². The number of nitrogens with one attached hydrogen (secondary N) is 1. The lowest BCUT2D eigenvalue weighted by molar-refractivity contribution is -0.147. The number of aryl methyl sites for hydroxylation is 1. The van der Waals surface area contributed by atoms with Crippen LogP contribution in [-0.4, -0.2) is 29.9 Å². The molecule has 1 amide bonds. The maximum absolute atomic E-state index is 12.8. The van der Waals surface area contributed by atoms with Crippen LogP contribution in [0.5, 0.6) is 0 Å². The molecule has 3 aromatic rings. The Kier molecular flexibility index (Phi) is 8.36. The molecular formula is C24H24ClNO5S. The van der Waals surface area contributed by atoms with E-state index in [0.717, 1.165) is 5.56 Å². The van der Waals surface area contributed by atoms with Crippen molar-refractivity contribution in [1.82, 2.24) is 5.32 Å². The van der Waals surface area contributed by atoms with Gasteiger partial charge in [-0.2, -0.15) is 11.8 Å². The maximum Gasteiger partial charge on any atom is 0.336 e. The van der Waals surface area contributed by atoms with Crippen LogP contribution >= 0.6 is 23.4 Å². The number of ether oxygens (including phenoxy) is 1. The Balaban J connectivity index is 1.78. The second-order valence-electron chi connectivity index (χ2n) is 7.17. The highest BCUT2D eigenvalue weighted by atomic mass is 35.5. The first-order valence-electron chi connectivity index (χ1n) is 10.2. The average molecular weight is 474 g/mol. The number of hydrogen-bond acceptors (Lipinski definition) is 6. The third-order valence-electron chi connectivity index (χ3n) is 4.98. The summed E-state index contributed by atoms with van der Waals surface area (Å²) in [7, 11) is 0. The van der Waals surface area contributed by atoms with Crippen molar-refractivity contribution >= 4 is 46.2 Å². The maximum atomic E-state index is 12.8. The van der Waals surface area contributed by atoms with Crippen LogP contribution in [0.1, 0.15) is 34.8 Å². The number of fused-ring (bicyclic) bond motifs is 1. The van der Waals surface area contributed by atoms with Crippen LogP contribution in [0, 0.1) is 0 Å². The van der Waals surface area contributed by atoms with Crippen molar-refractivity contribution in [3.8, 4) is 0 Å². The number of esters is 1. The van der Waals surface area contributed by atoms with E-state index in [2.05, 4.69) is 5.32 Å². The molecule has 1 unspecified atom stereocenters. The van der Waals surface area contributed by atoms with Gasteiger partial charge in [0.15, 0.2) is 0 Å². The van der Waals surface area contributed by atoms with Crippen molar-refractivity contribution in [2.75, 3.05) is 12.0 Å². The van der Waals surface area contributed by atoms with Gasteiger partial charge in [0.05, 0.1) is 0 Å². The van der Waals surface area contributed by atoms with Crippen LogP contribution in [-0.2, 0) is 22.6 Å². The summed E-state index contributed by atoms with van der Waals surface area (Å²) in [4.78, 5) is 37.3. The molecule has 0 fully saturated rings. The zero-order chi connectivity index (χ0) is 23.1. The first kappa shape index (κ1) is 23.9. The Morgan fingerprint density at radius 1 is 1.16 bits per heavy atom. The second kappa shape index (κ2) is 11.2. The monoisotopic (exact) mass is 473 g/mol. The minimum absolute atomic E-state index is 0.139. The van der Waals surface area contributed by atoms with Gasteiger partial charge >= 0.3 is 11.6 Å². The lowest BCUT2D eigenvalue weighted by Gasteiger charge is -2.18. The van der Waals surface area contributed by atoms with Gasteiger partial charge in [0.2, 0.25) is 0 Å². The molecule has 1 heterocycles. The van der Waals surface area contributed by atoms with E-state index in [-0.39, 0.29) is 12.5 Å². The number of hydrogen-bond donors (Lipinski definition) is 1. The molecule has 8 heteroatoms. The molecule has 0 saturated heterocycles. The highest BCUT2D eigenvalue weighted by Crippen LogP contribution is 2.26. The van der Waals surface area contributed by atoms with E-state index < -0.39 is 17.6 Å². The molecule has 0 aliphatic rings. The normalized spacial score (nSPS) is 11.8. The Morgan fingerprint density at radius 2 is 1.91 bits per heavy atom. The summed E-state index contributed by atoms with van der Waals surface area (Å²) in [6.45, 7) is 1.81. The molecule has 1 aromatic heterocycles. The van der Waals surface area contributed by atoms with E-state index in [1.807, 2.05) is 19.2 Å². The molecule has 1 N–H and O–H groups in total. The quantitative estimate of drug-likeness (QED) is 0.361. The minimum Gasteiger partial charge on any atom is -0.459 e. The standard InChI is InChI=1S/C24H24ClNO5S/c1-3-15-11-21-18(13-19(15)25)17(12-22(27)31-21)14-30-24(29)20(9-10-32-2)26-23(28)16-7-5-4-6-8-16/h4-8,11-13,20H,3,9-10,14H2,1-2H3,(H,26,28). The van der Waals surface area contributed by atoms with E-state index >= 15 is 0 Å². The number of halogens is 1. The zero-order valence-electron chi connectivity index (χ0n) is 17.9. The SMILES string of the molecule is CCc1cc2oc(=O)cc(COC(=O)C(CCSC)NC(=O)c3ccccc3)c2cc1Cl. The molecule has 0 aliphatic carbocycles. The molecule has 0 aliphatic heterocycles. The van der Waals surface area contributed by atoms with Crippen LogP contribution < -0.4 is 10.9 Å². The molecule has 3 rings (SSSR count).